The largest absolute Gasteiger partial charge is 0.397 e. The van der Waals surface area contributed by atoms with E-state index in [-0.39, 0.29) is 12.4 Å². The highest BCUT2D eigenvalue weighted by molar-refractivity contribution is 5.68. The van der Waals surface area contributed by atoms with Crippen LogP contribution in [0.15, 0.2) is 12.1 Å². The van der Waals surface area contributed by atoms with Crippen LogP contribution in [0.1, 0.15) is 18.9 Å². The summed E-state index contributed by atoms with van der Waals surface area (Å²) in [5.74, 6) is -0.278. The second-order valence-electron chi connectivity index (χ2n) is 3.82. The van der Waals surface area contributed by atoms with E-state index in [2.05, 4.69) is 0 Å². The summed E-state index contributed by atoms with van der Waals surface area (Å²) in [7, 11) is 0. The molecular formula is C12H19FN2O. The van der Waals surface area contributed by atoms with Crippen LogP contribution in [0.25, 0.3) is 0 Å². The van der Waals surface area contributed by atoms with Gasteiger partial charge in [0.1, 0.15) is 5.82 Å². The van der Waals surface area contributed by atoms with Gasteiger partial charge in [0.2, 0.25) is 0 Å². The van der Waals surface area contributed by atoms with Crippen molar-refractivity contribution in [3.05, 3.63) is 23.5 Å². The van der Waals surface area contributed by atoms with Gasteiger partial charge in [-0.3, -0.25) is 0 Å². The van der Waals surface area contributed by atoms with Crippen molar-refractivity contribution in [2.24, 2.45) is 0 Å². The lowest BCUT2D eigenvalue weighted by atomic mass is 10.1. The van der Waals surface area contributed by atoms with Crippen LogP contribution in [0.5, 0.6) is 0 Å². The number of nitrogens with zero attached hydrogens (tertiary/aromatic N) is 1. The molecule has 0 aliphatic carbocycles. The monoisotopic (exact) mass is 226 g/mol. The Morgan fingerprint density at radius 3 is 2.69 bits per heavy atom. The highest BCUT2D eigenvalue weighted by Gasteiger charge is 2.10. The fraction of sp³-hybridized carbons (Fsp3) is 0.500. The smallest absolute Gasteiger partial charge is 0.128 e. The van der Waals surface area contributed by atoms with Gasteiger partial charge in [-0.1, -0.05) is 0 Å². The summed E-state index contributed by atoms with van der Waals surface area (Å²) in [5, 5.41) is 8.81. The standard InChI is InChI=1S/C12H19FN2O/c1-3-15(5-4-6-16)12-7-9(2)10(13)8-11(12)14/h7-8,16H,3-6,14H2,1-2H3. The lowest BCUT2D eigenvalue weighted by Crippen LogP contribution is -2.25. The van der Waals surface area contributed by atoms with Crippen molar-refractivity contribution in [3.8, 4) is 0 Å². The Bertz CT molecular complexity index is 355. The molecular weight excluding hydrogens is 207 g/mol. The van der Waals surface area contributed by atoms with Crippen molar-refractivity contribution in [1.82, 2.24) is 0 Å². The molecule has 16 heavy (non-hydrogen) atoms. The zero-order valence-corrected chi connectivity index (χ0v) is 9.83. The SMILES string of the molecule is CCN(CCCO)c1cc(C)c(F)cc1N. The second kappa shape index (κ2) is 5.70. The Balaban J connectivity index is 2.95. The fourth-order valence-corrected chi connectivity index (χ4v) is 1.67. The van der Waals surface area contributed by atoms with Crippen molar-refractivity contribution in [3.63, 3.8) is 0 Å². The normalized spacial score (nSPS) is 10.5. The number of rotatable bonds is 5. The van der Waals surface area contributed by atoms with E-state index in [1.165, 1.54) is 6.07 Å². The Kier molecular flexibility index (Phi) is 4.55. The molecule has 4 heteroatoms. The molecule has 0 saturated carbocycles. The first kappa shape index (κ1) is 12.8. The lowest BCUT2D eigenvalue weighted by Gasteiger charge is -2.24. The minimum absolute atomic E-state index is 0.149. The van der Waals surface area contributed by atoms with Crippen LogP contribution in [0.4, 0.5) is 15.8 Å². The van der Waals surface area contributed by atoms with Crippen molar-refractivity contribution >= 4 is 11.4 Å². The van der Waals surface area contributed by atoms with Crippen LogP contribution in [0.2, 0.25) is 0 Å². The average Bonchev–Trinajstić information content (AvgIpc) is 2.26. The predicted molar refractivity (Wildman–Crippen MR) is 65.1 cm³/mol. The van der Waals surface area contributed by atoms with E-state index in [1.807, 2.05) is 11.8 Å². The molecule has 0 fully saturated rings. The van der Waals surface area contributed by atoms with Gasteiger partial charge in [0.05, 0.1) is 11.4 Å². The first-order valence-corrected chi connectivity index (χ1v) is 5.51. The van der Waals surface area contributed by atoms with Crippen molar-refractivity contribution in [1.29, 1.82) is 0 Å². The Morgan fingerprint density at radius 2 is 2.12 bits per heavy atom. The summed E-state index contributed by atoms with van der Waals surface area (Å²) in [4.78, 5) is 2.04. The summed E-state index contributed by atoms with van der Waals surface area (Å²) in [6.45, 7) is 5.39. The van der Waals surface area contributed by atoms with Crippen molar-refractivity contribution in [2.45, 2.75) is 20.3 Å². The highest BCUT2D eigenvalue weighted by Crippen LogP contribution is 2.26. The average molecular weight is 226 g/mol. The summed E-state index contributed by atoms with van der Waals surface area (Å²) in [6, 6.07) is 3.11. The predicted octanol–water partition coefficient (Wildman–Crippen LogP) is 1.93. The van der Waals surface area contributed by atoms with Crippen LogP contribution in [-0.4, -0.2) is 24.8 Å². The van der Waals surface area contributed by atoms with Gasteiger partial charge in [-0.15, -0.1) is 0 Å². The van der Waals surface area contributed by atoms with Gasteiger partial charge in [0.25, 0.3) is 0 Å². The Hall–Kier alpha value is -1.29. The first-order valence-electron chi connectivity index (χ1n) is 5.51. The van der Waals surface area contributed by atoms with Gasteiger partial charge >= 0.3 is 0 Å². The van der Waals surface area contributed by atoms with Crippen LogP contribution in [0, 0.1) is 12.7 Å². The maximum Gasteiger partial charge on any atom is 0.128 e. The molecule has 0 saturated heterocycles. The van der Waals surface area contributed by atoms with Crippen LogP contribution in [0.3, 0.4) is 0 Å². The van der Waals surface area contributed by atoms with E-state index in [1.54, 1.807) is 13.0 Å². The molecule has 0 atom stereocenters. The number of hydrogen-bond acceptors (Lipinski definition) is 3. The number of nitrogen functional groups attached to an aromatic ring is 1. The fourth-order valence-electron chi connectivity index (χ4n) is 1.67. The van der Waals surface area contributed by atoms with E-state index < -0.39 is 0 Å². The number of nitrogens with two attached hydrogens (primary N) is 1. The minimum atomic E-state index is -0.278. The van der Waals surface area contributed by atoms with Crippen LogP contribution < -0.4 is 10.6 Å². The summed E-state index contributed by atoms with van der Waals surface area (Å²) >= 11 is 0. The molecule has 0 bridgehead atoms. The third-order valence-electron chi connectivity index (χ3n) is 2.62. The van der Waals surface area contributed by atoms with E-state index in [9.17, 15) is 4.39 Å². The molecule has 0 amide bonds. The van der Waals surface area contributed by atoms with E-state index in [4.69, 9.17) is 10.8 Å². The maximum atomic E-state index is 13.2. The first-order chi connectivity index (χ1) is 7.60. The second-order valence-corrected chi connectivity index (χ2v) is 3.82. The maximum absolute atomic E-state index is 13.2. The molecule has 1 aromatic carbocycles. The third-order valence-corrected chi connectivity index (χ3v) is 2.62. The quantitative estimate of drug-likeness (QED) is 0.754. The Labute approximate surface area is 95.7 Å². The van der Waals surface area contributed by atoms with Gasteiger partial charge in [-0.25, -0.2) is 4.39 Å². The van der Waals surface area contributed by atoms with Gasteiger partial charge < -0.3 is 15.7 Å². The minimum Gasteiger partial charge on any atom is -0.397 e. The highest BCUT2D eigenvalue weighted by atomic mass is 19.1. The van der Waals surface area contributed by atoms with Gasteiger partial charge in [-0.2, -0.15) is 0 Å². The number of anilines is 2. The Morgan fingerprint density at radius 1 is 1.44 bits per heavy atom. The molecule has 3 nitrogen and oxygen atoms in total. The number of hydrogen-bond donors (Lipinski definition) is 2. The number of halogens is 1. The molecule has 0 aliphatic heterocycles. The molecule has 0 heterocycles. The van der Waals surface area contributed by atoms with E-state index in [0.717, 1.165) is 18.8 Å². The molecule has 0 aliphatic rings. The zero-order valence-electron chi connectivity index (χ0n) is 9.83. The van der Waals surface area contributed by atoms with Gasteiger partial charge in [0, 0.05) is 19.7 Å². The number of aliphatic hydroxyl groups excluding tert-OH is 1. The molecule has 0 radical (unpaired) electrons. The number of benzene rings is 1. The zero-order chi connectivity index (χ0) is 12.1. The number of aliphatic hydroxyl groups is 1. The van der Waals surface area contributed by atoms with Crippen molar-refractivity contribution < 1.29 is 9.50 Å². The topological polar surface area (TPSA) is 49.5 Å². The lowest BCUT2D eigenvalue weighted by molar-refractivity contribution is 0.289. The molecule has 1 rings (SSSR count). The van der Waals surface area contributed by atoms with E-state index in [0.29, 0.717) is 17.7 Å². The molecule has 90 valence electrons. The van der Waals surface area contributed by atoms with Gasteiger partial charge in [0.15, 0.2) is 0 Å². The molecule has 1 aromatic rings. The number of aryl methyl sites for hydroxylation is 1. The van der Waals surface area contributed by atoms with Crippen molar-refractivity contribution in [2.75, 3.05) is 30.3 Å². The summed E-state index contributed by atoms with van der Waals surface area (Å²) in [5.41, 5.74) is 7.67. The van der Waals surface area contributed by atoms with Crippen LogP contribution >= 0.6 is 0 Å². The van der Waals surface area contributed by atoms with E-state index >= 15 is 0 Å². The molecule has 3 N–H and O–H groups in total. The molecule has 0 aromatic heterocycles. The van der Waals surface area contributed by atoms with Crippen LogP contribution in [-0.2, 0) is 0 Å². The third kappa shape index (κ3) is 2.85. The summed E-state index contributed by atoms with van der Waals surface area (Å²) in [6.07, 6.45) is 0.684. The molecule has 0 unspecified atom stereocenters. The molecule has 0 spiro atoms. The summed E-state index contributed by atoms with van der Waals surface area (Å²) < 4.78 is 13.2. The van der Waals surface area contributed by atoms with Gasteiger partial charge in [-0.05, 0) is 38.0 Å².